The monoisotopic (exact) mass is 374 g/mol. The van der Waals surface area contributed by atoms with E-state index in [2.05, 4.69) is 34.8 Å². The third-order valence-corrected chi connectivity index (χ3v) is 4.41. The van der Waals surface area contributed by atoms with Crippen molar-refractivity contribution in [1.82, 2.24) is 9.97 Å². The summed E-state index contributed by atoms with van der Waals surface area (Å²) in [6, 6.07) is 14.2. The Bertz CT molecular complexity index is 946. The number of hydrogen-bond donors (Lipinski definition) is 1. The average Bonchev–Trinajstić information content (AvgIpc) is 2.71. The van der Waals surface area contributed by atoms with Gasteiger partial charge in [-0.3, -0.25) is 0 Å². The van der Waals surface area contributed by atoms with E-state index >= 15 is 0 Å². The van der Waals surface area contributed by atoms with Gasteiger partial charge < -0.3 is 9.84 Å². The Morgan fingerprint density at radius 3 is 2.68 bits per heavy atom. The van der Waals surface area contributed by atoms with Crippen molar-refractivity contribution in [3.8, 4) is 16.9 Å². The van der Waals surface area contributed by atoms with E-state index in [1.54, 1.807) is 6.08 Å². The molecule has 28 heavy (non-hydrogen) atoms. The summed E-state index contributed by atoms with van der Waals surface area (Å²) in [7, 11) is 0. The predicted molar refractivity (Wildman–Crippen MR) is 115 cm³/mol. The Hall–Kier alpha value is -2.98. The van der Waals surface area contributed by atoms with Crippen molar-refractivity contribution in [1.29, 1.82) is 0 Å². The Morgan fingerprint density at radius 2 is 1.93 bits per heavy atom. The van der Waals surface area contributed by atoms with Gasteiger partial charge in [-0.05, 0) is 67.7 Å². The summed E-state index contributed by atoms with van der Waals surface area (Å²) < 4.78 is 5.53. The number of benzene rings is 2. The van der Waals surface area contributed by atoms with Crippen LogP contribution in [-0.4, -0.2) is 27.8 Å². The van der Waals surface area contributed by atoms with Crippen molar-refractivity contribution in [2.24, 2.45) is 0 Å². The summed E-state index contributed by atoms with van der Waals surface area (Å²) in [6.07, 6.45) is 10.0. The van der Waals surface area contributed by atoms with Gasteiger partial charge in [0.15, 0.2) is 5.82 Å². The molecule has 0 radical (unpaired) electrons. The van der Waals surface area contributed by atoms with Crippen LogP contribution >= 0.6 is 0 Å². The van der Waals surface area contributed by atoms with Gasteiger partial charge in [-0.25, -0.2) is 9.97 Å². The van der Waals surface area contributed by atoms with Gasteiger partial charge >= 0.3 is 0 Å². The van der Waals surface area contributed by atoms with Crippen molar-refractivity contribution < 1.29 is 9.84 Å². The number of aliphatic hydroxyl groups excluding tert-OH is 1. The summed E-state index contributed by atoms with van der Waals surface area (Å²) in [4.78, 5) is 9.06. The fraction of sp³-hybridized carbons (Fsp3) is 0.250. The van der Waals surface area contributed by atoms with Crippen molar-refractivity contribution in [2.75, 3.05) is 6.61 Å². The number of rotatable bonds is 9. The summed E-state index contributed by atoms with van der Waals surface area (Å²) >= 11 is 0. The fourth-order valence-corrected chi connectivity index (χ4v) is 2.93. The van der Waals surface area contributed by atoms with Crippen LogP contribution in [0.15, 0.2) is 67.4 Å². The predicted octanol–water partition coefficient (Wildman–Crippen LogP) is 5.43. The molecular weight excluding hydrogens is 348 g/mol. The molecule has 144 valence electrons. The minimum absolute atomic E-state index is 0.240. The molecule has 1 N–H and O–H groups in total. The number of fused-ring (bicyclic) bond motifs is 1. The Balaban J connectivity index is 1.70. The van der Waals surface area contributed by atoms with E-state index in [1.807, 2.05) is 49.5 Å². The standard InChI is InChI=1S/C24H26N2O2/c1-3-15-28-22-12-9-19(10-13-22)20-11-14-23-21(16-20)17-25-24(26-23)8-6-4-5-7-18(2)27/h3,6,8-14,16-18,27H,1,4-5,7,15H2,2H3. The second-order valence-electron chi connectivity index (χ2n) is 6.81. The van der Waals surface area contributed by atoms with E-state index in [4.69, 9.17) is 4.74 Å². The van der Waals surface area contributed by atoms with E-state index in [0.717, 1.165) is 47.0 Å². The molecule has 0 fully saturated rings. The van der Waals surface area contributed by atoms with Crippen LogP contribution in [0, 0.1) is 0 Å². The van der Waals surface area contributed by atoms with Gasteiger partial charge in [0.05, 0.1) is 11.6 Å². The first-order valence-corrected chi connectivity index (χ1v) is 9.61. The highest BCUT2D eigenvalue weighted by Crippen LogP contribution is 2.25. The first-order chi connectivity index (χ1) is 13.7. The van der Waals surface area contributed by atoms with Gasteiger partial charge in [0, 0.05) is 11.6 Å². The van der Waals surface area contributed by atoms with E-state index in [1.165, 1.54) is 0 Å². The van der Waals surface area contributed by atoms with Crippen LogP contribution in [0.4, 0.5) is 0 Å². The molecule has 0 amide bonds. The van der Waals surface area contributed by atoms with Crippen LogP contribution in [0.5, 0.6) is 5.75 Å². The normalized spacial score (nSPS) is 12.4. The van der Waals surface area contributed by atoms with Gasteiger partial charge in [-0.15, -0.1) is 0 Å². The molecule has 0 bridgehead atoms. The highest BCUT2D eigenvalue weighted by molar-refractivity contribution is 5.84. The molecule has 0 saturated heterocycles. The summed E-state index contributed by atoms with van der Waals surface area (Å²) in [5, 5.41) is 10.3. The zero-order valence-electron chi connectivity index (χ0n) is 16.2. The summed E-state index contributed by atoms with van der Waals surface area (Å²) in [6.45, 7) is 5.98. The van der Waals surface area contributed by atoms with Crippen LogP contribution < -0.4 is 4.74 Å². The number of nitrogens with zero attached hydrogens (tertiary/aromatic N) is 2. The van der Waals surface area contributed by atoms with Crippen molar-refractivity contribution in [3.05, 3.63) is 73.2 Å². The molecule has 1 heterocycles. The van der Waals surface area contributed by atoms with Crippen LogP contribution in [-0.2, 0) is 0 Å². The largest absolute Gasteiger partial charge is 0.490 e. The zero-order chi connectivity index (χ0) is 19.8. The molecule has 0 aliphatic heterocycles. The highest BCUT2D eigenvalue weighted by Gasteiger charge is 2.03. The molecule has 1 aromatic heterocycles. The third kappa shape index (κ3) is 5.51. The lowest BCUT2D eigenvalue weighted by molar-refractivity contribution is 0.182. The average molecular weight is 374 g/mol. The number of aliphatic hydroxyl groups is 1. The Kier molecular flexibility index (Phi) is 6.93. The number of unbranched alkanes of at least 4 members (excludes halogenated alkanes) is 1. The van der Waals surface area contributed by atoms with Gasteiger partial charge in [0.25, 0.3) is 0 Å². The topological polar surface area (TPSA) is 55.2 Å². The van der Waals surface area contributed by atoms with Gasteiger partial charge in [-0.1, -0.05) is 36.9 Å². The minimum atomic E-state index is -0.240. The Morgan fingerprint density at radius 1 is 1.14 bits per heavy atom. The summed E-state index contributed by atoms with van der Waals surface area (Å²) in [5.74, 6) is 1.54. The molecule has 0 saturated carbocycles. The number of ether oxygens (including phenoxy) is 1. The number of allylic oxidation sites excluding steroid dienone is 1. The molecule has 0 spiro atoms. The maximum atomic E-state index is 9.28. The van der Waals surface area contributed by atoms with E-state index in [9.17, 15) is 5.11 Å². The van der Waals surface area contributed by atoms with Gasteiger partial charge in [0.1, 0.15) is 12.4 Å². The van der Waals surface area contributed by atoms with Crippen molar-refractivity contribution >= 4 is 17.0 Å². The molecule has 0 aliphatic carbocycles. The van der Waals surface area contributed by atoms with Gasteiger partial charge in [-0.2, -0.15) is 0 Å². The fourth-order valence-electron chi connectivity index (χ4n) is 2.93. The number of hydrogen-bond acceptors (Lipinski definition) is 4. The highest BCUT2D eigenvalue weighted by atomic mass is 16.5. The van der Waals surface area contributed by atoms with Crippen LogP contribution in [0.3, 0.4) is 0 Å². The molecule has 1 atom stereocenters. The van der Waals surface area contributed by atoms with Crippen LogP contribution in [0.1, 0.15) is 32.0 Å². The van der Waals surface area contributed by atoms with E-state index < -0.39 is 0 Å². The molecule has 3 aromatic rings. The lowest BCUT2D eigenvalue weighted by atomic mass is 10.0. The number of aromatic nitrogens is 2. The molecule has 3 rings (SSSR count). The lowest BCUT2D eigenvalue weighted by Gasteiger charge is -2.07. The summed E-state index contributed by atoms with van der Waals surface area (Å²) in [5.41, 5.74) is 3.16. The van der Waals surface area contributed by atoms with Crippen LogP contribution in [0.25, 0.3) is 28.1 Å². The molecule has 2 aromatic carbocycles. The quantitative estimate of drug-likeness (QED) is 0.401. The maximum Gasteiger partial charge on any atom is 0.152 e. The molecule has 4 heteroatoms. The smallest absolute Gasteiger partial charge is 0.152 e. The molecular formula is C24H26N2O2. The second kappa shape index (κ2) is 9.81. The van der Waals surface area contributed by atoms with Crippen LogP contribution in [0.2, 0.25) is 0 Å². The Labute approximate surface area is 166 Å². The lowest BCUT2D eigenvalue weighted by Crippen LogP contribution is -1.97. The van der Waals surface area contributed by atoms with E-state index in [0.29, 0.717) is 12.4 Å². The maximum absolute atomic E-state index is 9.28. The SMILES string of the molecule is C=CCOc1ccc(-c2ccc3nc(C=CCCCC(C)O)ncc3c2)cc1. The third-order valence-electron chi connectivity index (χ3n) is 4.41. The first kappa shape index (κ1) is 19.8. The molecule has 4 nitrogen and oxygen atoms in total. The van der Waals surface area contributed by atoms with Gasteiger partial charge in [0.2, 0.25) is 0 Å². The van der Waals surface area contributed by atoms with E-state index in [-0.39, 0.29) is 6.10 Å². The van der Waals surface area contributed by atoms with Crippen molar-refractivity contribution in [3.63, 3.8) is 0 Å². The van der Waals surface area contributed by atoms with Crippen molar-refractivity contribution in [2.45, 2.75) is 32.3 Å². The minimum Gasteiger partial charge on any atom is -0.490 e. The molecule has 1 unspecified atom stereocenters. The first-order valence-electron chi connectivity index (χ1n) is 9.61. The second-order valence-corrected chi connectivity index (χ2v) is 6.81. The molecule has 0 aliphatic rings. The zero-order valence-corrected chi connectivity index (χ0v) is 16.2.